The number of hydrogen-bond acceptors (Lipinski definition) is 5. The Morgan fingerprint density at radius 2 is 1.74 bits per heavy atom. The van der Waals surface area contributed by atoms with Crippen molar-refractivity contribution in [3.05, 3.63) is 59.2 Å². The molecule has 0 saturated heterocycles. The van der Waals surface area contributed by atoms with Crippen molar-refractivity contribution in [2.45, 2.75) is 62.5 Å². The number of hydrogen-bond donors (Lipinski definition) is 1. The Hall–Kier alpha value is -2.67. The number of nitrogens with one attached hydrogen (secondary N) is 1. The minimum atomic E-state index is -3.96. The normalized spacial score (nSPS) is 15.5. The number of ether oxygens (including phenoxy) is 1. The monoisotopic (exact) mass is 443 g/mol. The van der Waals surface area contributed by atoms with Crippen LogP contribution in [0.15, 0.2) is 47.4 Å². The largest absolute Gasteiger partial charge is 0.454 e. The Balaban J connectivity index is 1.75. The second-order valence-corrected chi connectivity index (χ2v) is 10.4. The zero-order chi connectivity index (χ0) is 22.6. The fourth-order valence-electron chi connectivity index (χ4n) is 3.96. The zero-order valence-electron chi connectivity index (χ0n) is 18.2. The van der Waals surface area contributed by atoms with Crippen molar-refractivity contribution >= 4 is 27.4 Å². The molecular formula is C24H29NO5S. The van der Waals surface area contributed by atoms with Crippen molar-refractivity contribution in [2.75, 3.05) is 11.9 Å². The van der Waals surface area contributed by atoms with Crippen LogP contribution in [0.25, 0.3) is 0 Å². The summed E-state index contributed by atoms with van der Waals surface area (Å²) in [7, 11) is -3.96. The molecule has 0 heterocycles. The van der Waals surface area contributed by atoms with E-state index in [-0.39, 0.29) is 17.7 Å². The summed E-state index contributed by atoms with van der Waals surface area (Å²) in [5, 5.41) is 2.69. The van der Waals surface area contributed by atoms with E-state index in [0.29, 0.717) is 18.5 Å². The third-order valence-electron chi connectivity index (χ3n) is 6.04. The molecule has 1 aliphatic carbocycles. The van der Waals surface area contributed by atoms with E-state index in [1.54, 1.807) is 24.3 Å². The number of aryl methyl sites for hydroxylation is 3. The van der Waals surface area contributed by atoms with Crippen molar-refractivity contribution in [2.24, 2.45) is 0 Å². The summed E-state index contributed by atoms with van der Waals surface area (Å²) < 4.78 is 30.5. The van der Waals surface area contributed by atoms with Crippen LogP contribution in [-0.2, 0) is 30.6 Å². The highest BCUT2D eigenvalue weighted by Gasteiger charge is 2.54. The second kappa shape index (κ2) is 9.22. The van der Waals surface area contributed by atoms with Gasteiger partial charge in [0.2, 0.25) is 0 Å². The van der Waals surface area contributed by atoms with Crippen LogP contribution in [0.1, 0.15) is 49.3 Å². The maximum atomic E-state index is 13.5. The van der Waals surface area contributed by atoms with Gasteiger partial charge in [-0.15, -0.1) is 0 Å². The van der Waals surface area contributed by atoms with Gasteiger partial charge < -0.3 is 10.1 Å². The summed E-state index contributed by atoms with van der Waals surface area (Å²) in [5.74, 6) is -1.35. The van der Waals surface area contributed by atoms with E-state index in [1.807, 2.05) is 39.0 Å². The first-order chi connectivity index (χ1) is 14.7. The molecule has 2 aromatic carbocycles. The summed E-state index contributed by atoms with van der Waals surface area (Å²) in [6.45, 7) is 5.23. The first kappa shape index (κ1) is 23.0. The van der Waals surface area contributed by atoms with Crippen molar-refractivity contribution < 1.29 is 22.7 Å². The summed E-state index contributed by atoms with van der Waals surface area (Å²) in [5.41, 5.74) is 3.50. The molecule has 1 fully saturated rings. The minimum Gasteiger partial charge on any atom is -0.454 e. The number of anilines is 1. The van der Waals surface area contributed by atoms with E-state index in [0.717, 1.165) is 23.1 Å². The van der Waals surface area contributed by atoms with E-state index in [2.05, 4.69) is 5.32 Å². The summed E-state index contributed by atoms with van der Waals surface area (Å²) in [6.07, 6.45) is 2.46. The fourth-order valence-corrected chi connectivity index (χ4v) is 6.10. The van der Waals surface area contributed by atoms with Gasteiger partial charge in [0.15, 0.2) is 21.2 Å². The van der Waals surface area contributed by atoms with Crippen LogP contribution in [0.2, 0.25) is 0 Å². The topological polar surface area (TPSA) is 89.5 Å². The molecule has 0 aromatic heterocycles. The lowest BCUT2D eigenvalue weighted by molar-refractivity contribution is -0.149. The van der Waals surface area contributed by atoms with Crippen molar-refractivity contribution in [1.29, 1.82) is 0 Å². The summed E-state index contributed by atoms with van der Waals surface area (Å²) in [4.78, 5) is 25.4. The molecule has 2 aromatic rings. The predicted octanol–water partition coefficient (Wildman–Crippen LogP) is 4.13. The molecule has 0 radical (unpaired) electrons. The average molecular weight is 444 g/mol. The van der Waals surface area contributed by atoms with Crippen LogP contribution in [-0.4, -0.2) is 31.6 Å². The van der Waals surface area contributed by atoms with E-state index >= 15 is 0 Å². The smallest absolute Gasteiger partial charge is 0.328 e. The Kier molecular flexibility index (Phi) is 6.84. The van der Waals surface area contributed by atoms with Crippen LogP contribution < -0.4 is 5.32 Å². The van der Waals surface area contributed by atoms with Crippen LogP contribution in [0.5, 0.6) is 0 Å². The van der Waals surface area contributed by atoms with Crippen molar-refractivity contribution in [3.63, 3.8) is 0 Å². The molecule has 0 atom stereocenters. The number of sulfone groups is 1. The lowest BCUT2D eigenvalue weighted by atomic mass is 10.1. The Labute approximate surface area is 183 Å². The molecule has 1 aliphatic rings. The number of carbonyl (C=O) groups is 2. The molecule has 0 spiro atoms. The van der Waals surface area contributed by atoms with Crippen LogP contribution in [0, 0.1) is 13.8 Å². The van der Waals surface area contributed by atoms with E-state index in [4.69, 9.17) is 4.74 Å². The minimum absolute atomic E-state index is 0.121. The summed E-state index contributed by atoms with van der Waals surface area (Å²) >= 11 is 0. The maximum absolute atomic E-state index is 13.5. The highest BCUT2D eigenvalue weighted by molar-refractivity contribution is 7.93. The van der Waals surface area contributed by atoms with Gasteiger partial charge in [-0.05, 0) is 74.1 Å². The quantitative estimate of drug-likeness (QED) is 0.650. The molecule has 7 heteroatoms. The Morgan fingerprint density at radius 3 is 2.39 bits per heavy atom. The van der Waals surface area contributed by atoms with Crippen molar-refractivity contribution in [3.8, 4) is 0 Å². The molecule has 1 N–H and O–H groups in total. The molecule has 0 bridgehead atoms. The third kappa shape index (κ3) is 4.66. The molecule has 1 amide bonds. The Morgan fingerprint density at radius 1 is 1.03 bits per heavy atom. The van der Waals surface area contributed by atoms with Crippen molar-refractivity contribution in [1.82, 2.24) is 0 Å². The van der Waals surface area contributed by atoms with Gasteiger partial charge in [-0.3, -0.25) is 9.59 Å². The second-order valence-electron chi connectivity index (χ2n) is 8.13. The highest BCUT2D eigenvalue weighted by Crippen LogP contribution is 2.41. The van der Waals surface area contributed by atoms with E-state index in [9.17, 15) is 18.0 Å². The predicted molar refractivity (Wildman–Crippen MR) is 120 cm³/mol. The summed E-state index contributed by atoms with van der Waals surface area (Å²) in [6, 6.07) is 12.3. The van der Waals surface area contributed by atoms with Crippen LogP contribution in [0.3, 0.4) is 0 Å². The molecule has 6 nitrogen and oxygen atoms in total. The number of benzene rings is 2. The lowest BCUT2D eigenvalue weighted by Crippen LogP contribution is -2.46. The highest BCUT2D eigenvalue weighted by atomic mass is 32.2. The molecule has 0 unspecified atom stereocenters. The zero-order valence-corrected chi connectivity index (χ0v) is 19.1. The number of carbonyl (C=O) groups excluding carboxylic acids is 2. The molecule has 31 heavy (non-hydrogen) atoms. The molecular weight excluding hydrogens is 414 g/mol. The molecule has 0 aliphatic heterocycles. The van der Waals surface area contributed by atoms with Gasteiger partial charge >= 0.3 is 5.97 Å². The van der Waals surface area contributed by atoms with Gasteiger partial charge in [0.05, 0.1) is 4.90 Å². The van der Waals surface area contributed by atoms with Crippen LogP contribution in [0.4, 0.5) is 5.69 Å². The first-order valence-electron chi connectivity index (χ1n) is 10.6. The molecule has 166 valence electrons. The number of esters is 1. The third-order valence-corrected chi connectivity index (χ3v) is 8.52. The first-order valence-corrected chi connectivity index (χ1v) is 12.1. The standard InChI is InChI=1S/C24H29NO5S/c1-4-19-8-7-9-20(15-19)25-22(26)16-30-23(27)24(12-5-6-13-24)31(28,29)21-11-10-17(2)18(3)14-21/h7-11,14-15H,4-6,12-13,16H2,1-3H3,(H,25,26). The molecule has 1 saturated carbocycles. The number of rotatable bonds is 7. The van der Waals surface area contributed by atoms with Gasteiger partial charge in [-0.2, -0.15) is 0 Å². The maximum Gasteiger partial charge on any atom is 0.328 e. The van der Waals surface area contributed by atoms with Gasteiger partial charge in [0.1, 0.15) is 0 Å². The van der Waals surface area contributed by atoms with Crippen LogP contribution >= 0.6 is 0 Å². The lowest BCUT2D eigenvalue weighted by Gasteiger charge is -2.26. The van der Waals surface area contributed by atoms with Gasteiger partial charge in [0, 0.05) is 5.69 Å². The number of amides is 1. The van der Waals surface area contributed by atoms with Gasteiger partial charge in [-0.1, -0.05) is 38.0 Å². The van der Waals surface area contributed by atoms with E-state index < -0.39 is 33.1 Å². The molecule has 3 rings (SSSR count). The SMILES string of the molecule is CCc1cccc(NC(=O)COC(=O)C2(S(=O)(=O)c3ccc(C)c(C)c3)CCCC2)c1. The van der Waals surface area contributed by atoms with Gasteiger partial charge in [-0.25, -0.2) is 8.42 Å². The Bertz CT molecular complexity index is 1080. The van der Waals surface area contributed by atoms with Gasteiger partial charge in [0.25, 0.3) is 5.91 Å². The van der Waals surface area contributed by atoms with E-state index in [1.165, 1.54) is 0 Å². The average Bonchev–Trinajstić information content (AvgIpc) is 3.26. The fraction of sp³-hybridized carbons (Fsp3) is 0.417.